The van der Waals surface area contributed by atoms with Crippen LogP contribution in [0.3, 0.4) is 0 Å². The van der Waals surface area contributed by atoms with E-state index in [1.165, 1.54) is 11.1 Å². The van der Waals surface area contributed by atoms with Crippen LogP contribution in [0.25, 0.3) is 0 Å². The number of pyridine rings is 1. The molecule has 144 valence electrons. The van der Waals surface area contributed by atoms with Gasteiger partial charge in [0.2, 0.25) is 0 Å². The molecular weight excluding hydrogens is 364 g/mol. The van der Waals surface area contributed by atoms with Gasteiger partial charge >= 0.3 is 0 Å². The number of nitrogens with one attached hydrogen (secondary N) is 1. The fourth-order valence-corrected chi connectivity index (χ4v) is 4.10. The first kappa shape index (κ1) is 18.7. The third-order valence-electron chi connectivity index (χ3n) is 5.21. The summed E-state index contributed by atoms with van der Waals surface area (Å²) in [7, 11) is 0. The minimum absolute atomic E-state index is 0.00923. The van der Waals surface area contributed by atoms with E-state index in [1.807, 2.05) is 18.3 Å². The van der Waals surface area contributed by atoms with Crippen molar-refractivity contribution in [2.75, 3.05) is 4.90 Å². The molecule has 0 aliphatic carbocycles. The van der Waals surface area contributed by atoms with E-state index in [1.54, 1.807) is 0 Å². The molecule has 0 spiro atoms. The van der Waals surface area contributed by atoms with Crippen molar-refractivity contribution >= 4 is 23.0 Å². The van der Waals surface area contributed by atoms with Gasteiger partial charge < -0.3 is 14.8 Å². The minimum atomic E-state index is -0.00923. The van der Waals surface area contributed by atoms with Crippen molar-refractivity contribution in [3.63, 3.8) is 0 Å². The van der Waals surface area contributed by atoms with Gasteiger partial charge in [0.05, 0.1) is 17.8 Å². The van der Waals surface area contributed by atoms with Crippen LogP contribution in [0.4, 0.5) is 5.69 Å². The average Bonchev–Trinajstić information content (AvgIpc) is 3.27. The first-order chi connectivity index (χ1) is 13.3. The molecule has 4 nitrogen and oxygen atoms in total. The topological polar surface area (TPSA) is 33.1 Å². The standard InChI is InChI=1S/C23H26N4S/c1-16-8-7-9-18(14-16)27-21(17-11-13-26(15-17)23(2,3)4)20(25-22(27)28)19-10-5-6-12-24-19/h5-15,20-21H,1-4H3,(H,25,28). The van der Waals surface area contributed by atoms with Crippen molar-refractivity contribution in [3.8, 4) is 0 Å². The lowest BCUT2D eigenvalue weighted by atomic mass is 9.98. The summed E-state index contributed by atoms with van der Waals surface area (Å²) in [6.45, 7) is 8.74. The van der Waals surface area contributed by atoms with E-state index >= 15 is 0 Å². The maximum absolute atomic E-state index is 5.78. The number of aryl methyl sites for hydroxylation is 1. The van der Waals surface area contributed by atoms with Crippen LogP contribution in [0, 0.1) is 6.92 Å². The normalized spacial score (nSPS) is 19.7. The molecule has 1 saturated heterocycles. The van der Waals surface area contributed by atoms with E-state index in [4.69, 9.17) is 12.2 Å². The van der Waals surface area contributed by atoms with Gasteiger partial charge in [-0.15, -0.1) is 0 Å². The summed E-state index contributed by atoms with van der Waals surface area (Å²) >= 11 is 5.78. The van der Waals surface area contributed by atoms with Gasteiger partial charge in [0.1, 0.15) is 0 Å². The molecule has 0 saturated carbocycles. The number of aromatic nitrogens is 2. The fourth-order valence-electron chi connectivity index (χ4n) is 3.75. The van der Waals surface area contributed by atoms with Crippen molar-refractivity contribution in [1.82, 2.24) is 14.9 Å². The van der Waals surface area contributed by atoms with Gasteiger partial charge in [0.25, 0.3) is 0 Å². The van der Waals surface area contributed by atoms with Crippen LogP contribution in [-0.4, -0.2) is 14.7 Å². The van der Waals surface area contributed by atoms with Crippen molar-refractivity contribution in [2.45, 2.75) is 45.3 Å². The average molecular weight is 391 g/mol. The summed E-state index contributed by atoms with van der Waals surface area (Å²) in [4.78, 5) is 6.84. The molecule has 2 atom stereocenters. The molecule has 5 heteroatoms. The van der Waals surface area contributed by atoms with Gasteiger partial charge in [-0.25, -0.2) is 0 Å². The first-order valence-corrected chi connectivity index (χ1v) is 10.0. The van der Waals surface area contributed by atoms with Gasteiger partial charge in [0, 0.05) is 29.8 Å². The van der Waals surface area contributed by atoms with Crippen LogP contribution in [0.2, 0.25) is 0 Å². The predicted octanol–water partition coefficient (Wildman–Crippen LogP) is 5.12. The van der Waals surface area contributed by atoms with Crippen molar-refractivity contribution < 1.29 is 0 Å². The zero-order chi connectivity index (χ0) is 19.9. The zero-order valence-electron chi connectivity index (χ0n) is 16.8. The highest BCUT2D eigenvalue weighted by Crippen LogP contribution is 2.42. The summed E-state index contributed by atoms with van der Waals surface area (Å²) < 4.78 is 2.26. The van der Waals surface area contributed by atoms with Crippen LogP contribution in [0.5, 0.6) is 0 Å². The molecule has 1 aliphatic rings. The number of thiocarbonyl (C=S) groups is 1. The molecule has 1 fully saturated rings. The number of benzene rings is 1. The van der Waals surface area contributed by atoms with Gasteiger partial charge in [-0.2, -0.15) is 0 Å². The quantitative estimate of drug-likeness (QED) is 0.629. The molecule has 2 unspecified atom stereocenters. The van der Waals surface area contributed by atoms with E-state index in [9.17, 15) is 0 Å². The Morgan fingerprint density at radius 1 is 1.07 bits per heavy atom. The minimum Gasteiger partial charge on any atom is -0.351 e. The monoisotopic (exact) mass is 390 g/mol. The van der Waals surface area contributed by atoms with Gasteiger partial charge in [-0.05, 0) is 81.4 Å². The molecule has 2 aromatic heterocycles. The Labute approximate surface area is 172 Å². The number of nitrogens with zero attached hydrogens (tertiary/aromatic N) is 3. The SMILES string of the molecule is Cc1cccc(N2C(=S)NC(c3ccccn3)C2c2ccn(C(C)(C)C)c2)c1. The maximum Gasteiger partial charge on any atom is 0.174 e. The highest BCUT2D eigenvalue weighted by Gasteiger charge is 2.41. The molecule has 4 rings (SSSR count). The lowest BCUT2D eigenvalue weighted by molar-refractivity contribution is 0.397. The molecule has 0 amide bonds. The lowest BCUT2D eigenvalue weighted by Crippen LogP contribution is -2.29. The van der Waals surface area contributed by atoms with E-state index < -0.39 is 0 Å². The van der Waals surface area contributed by atoms with Crippen LogP contribution >= 0.6 is 12.2 Å². The summed E-state index contributed by atoms with van der Waals surface area (Å²) in [6.07, 6.45) is 6.23. The number of anilines is 1. The number of hydrogen-bond acceptors (Lipinski definition) is 2. The second-order valence-corrected chi connectivity index (χ2v) is 8.75. The Morgan fingerprint density at radius 2 is 1.89 bits per heavy atom. The Morgan fingerprint density at radius 3 is 2.54 bits per heavy atom. The van der Waals surface area contributed by atoms with Gasteiger partial charge in [-0.1, -0.05) is 18.2 Å². The van der Waals surface area contributed by atoms with Crippen molar-refractivity contribution in [2.24, 2.45) is 0 Å². The smallest absolute Gasteiger partial charge is 0.174 e. The third-order valence-corrected chi connectivity index (χ3v) is 5.52. The summed E-state index contributed by atoms with van der Waals surface area (Å²) in [5, 5.41) is 4.25. The predicted molar refractivity (Wildman–Crippen MR) is 119 cm³/mol. The van der Waals surface area contributed by atoms with Crippen LogP contribution < -0.4 is 10.2 Å². The Kier molecular flexibility index (Phi) is 4.71. The second-order valence-electron chi connectivity index (χ2n) is 8.36. The van der Waals surface area contributed by atoms with E-state index in [2.05, 4.69) is 96.3 Å². The molecule has 3 heterocycles. The van der Waals surface area contributed by atoms with Crippen LogP contribution in [0.1, 0.15) is 49.7 Å². The van der Waals surface area contributed by atoms with Gasteiger partial charge in [-0.3, -0.25) is 4.98 Å². The van der Waals surface area contributed by atoms with E-state index in [0.717, 1.165) is 16.5 Å². The van der Waals surface area contributed by atoms with Crippen LogP contribution in [0.15, 0.2) is 67.1 Å². The molecule has 1 aromatic carbocycles. The maximum atomic E-state index is 5.78. The van der Waals surface area contributed by atoms with Crippen molar-refractivity contribution in [3.05, 3.63) is 83.9 Å². The molecule has 0 bridgehead atoms. The molecule has 1 aliphatic heterocycles. The number of rotatable bonds is 3. The summed E-state index contributed by atoms with van der Waals surface area (Å²) in [5.74, 6) is 0. The Hall–Kier alpha value is -2.66. The highest BCUT2D eigenvalue weighted by molar-refractivity contribution is 7.80. The first-order valence-electron chi connectivity index (χ1n) is 9.60. The zero-order valence-corrected chi connectivity index (χ0v) is 17.6. The van der Waals surface area contributed by atoms with E-state index in [0.29, 0.717) is 0 Å². The summed E-state index contributed by atoms with van der Waals surface area (Å²) in [6, 6.07) is 16.8. The van der Waals surface area contributed by atoms with Crippen LogP contribution in [-0.2, 0) is 5.54 Å². The molecule has 28 heavy (non-hydrogen) atoms. The second kappa shape index (κ2) is 7.06. The Balaban J connectivity index is 1.83. The lowest BCUT2D eigenvalue weighted by Gasteiger charge is -2.28. The molecular formula is C23H26N4S. The molecule has 0 radical (unpaired) electrons. The van der Waals surface area contributed by atoms with Gasteiger partial charge in [0.15, 0.2) is 5.11 Å². The summed E-state index contributed by atoms with van der Waals surface area (Å²) in [5.41, 5.74) is 4.56. The van der Waals surface area contributed by atoms with Crippen molar-refractivity contribution in [1.29, 1.82) is 0 Å². The fraction of sp³-hybridized carbons (Fsp3) is 0.304. The third kappa shape index (κ3) is 3.42. The Bertz CT molecular complexity index is 987. The van der Waals surface area contributed by atoms with E-state index in [-0.39, 0.29) is 17.6 Å². The highest BCUT2D eigenvalue weighted by atomic mass is 32.1. The largest absolute Gasteiger partial charge is 0.351 e. The molecule has 3 aromatic rings. The molecule has 1 N–H and O–H groups in total. The number of hydrogen-bond donors (Lipinski definition) is 1.